The summed E-state index contributed by atoms with van der Waals surface area (Å²) in [5.74, 6) is -0.253. The van der Waals surface area contributed by atoms with Crippen LogP contribution in [-0.4, -0.2) is 17.6 Å². The van der Waals surface area contributed by atoms with Crippen molar-refractivity contribution in [3.05, 3.63) is 46.2 Å². The number of halogens is 1. The van der Waals surface area contributed by atoms with Crippen LogP contribution in [0.1, 0.15) is 35.4 Å². The topological polar surface area (TPSA) is 54.0 Å². The summed E-state index contributed by atoms with van der Waals surface area (Å²) in [4.78, 5) is 17.7. The molecular weight excluding hydrogens is 313 g/mol. The quantitative estimate of drug-likeness (QED) is 0.833. The third-order valence-electron chi connectivity index (χ3n) is 3.90. The van der Waals surface area contributed by atoms with Gasteiger partial charge in [0.05, 0.1) is 5.69 Å². The first-order chi connectivity index (χ1) is 11.2. The highest BCUT2D eigenvalue weighted by Gasteiger charge is 2.15. The maximum atomic E-state index is 13.1. The summed E-state index contributed by atoms with van der Waals surface area (Å²) in [6, 6.07) is 6.16. The lowest BCUT2D eigenvalue weighted by molar-refractivity contribution is 0.252. The Hall–Kier alpha value is -1.95. The molecule has 4 nitrogen and oxygen atoms in total. The number of carbonyl (C=O) groups is 1. The molecule has 3 rings (SSSR count). The second kappa shape index (κ2) is 7.55. The van der Waals surface area contributed by atoms with Crippen LogP contribution in [0.3, 0.4) is 0 Å². The molecule has 2 amide bonds. The fourth-order valence-electron chi connectivity index (χ4n) is 2.74. The zero-order valence-electron chi connectivity index (χ0n) is 12.9. The Labute approximate surface area is 139 Å². The predicted molar refractivity (Wildman–Crippen MR) is 90.5 cm³/mol. The molecule has 2 aromatic rings. The van der Waals surface area contributed by atoms with E-state index in [1.165, 1.54) is 36.3 Å². The SMILES string of the molecule is O=C(NCCc1cccc(F)c1)Nc1nc2c(s1)CCCCC2. The minimum Gasteiger partial charge on any atom is -0.337 e. The summed E-state index contributed by atoms with van der Waals surface area (Å²) in [6.07, 6.45) is 6.31. The van der Waals surface area contributed by atoms with Crippen LogP contribution in [0, 0.1) is 5.82 Å². The lowest BCUT2D eigenvalue weighted by atomic mass is 10.1. The maximum Gasteiger partial charge on any atom is 0.321 e. The van der Waals surface area contributed by atoms with Gasteiger partial charge >= 0.3 is 6.03 Å². The van der Waals surface area contributed by atoms with Crippen molar-refractivity contribution in [2.24, 2.45) is 0 Å². The number of amides is 2. The van der Waals surface area contributed by atoms with E-state index in [1.807, 2.05) is 6.07 Å². The minimum absolute atomic E-state index is 0.253. The second-order valence-corrected chi connectivity index (χ2v) is 6.79. The van der Waals surface area contributed by atoms with Crippen molar-refractivity contribution in [2.75, 3.05) is 11.9 Å². The van der Waals surface area contributed by atoms with Crippen molar-refractivity contribution in [3.63, 3.8) is 0 Å². The fourth-order valence-corrected chi connectivity index (χ4v) is 3.78. The number of hydrogen-bond acceptors (Lipinski definition) is 3. The molecule has 122 valence electrons. The Morgan fingerprint density at radius 3 is 3.00 bits per heavy atom. The van der Waals surface area contributed by atoms with E-state index in [4.69, 9.17) is 0 Å². The van der Waals surface area contributed by atoms with E-state index in [9.17, 15) is 9.18 Å². The van der Waals surface area contributed by atoms with Crippen LogP contribution in [0.2, 0.25) is 0 Å². The van der Waals surface area contributed by atoms with Gasteiger partial charge in [-0.05, 0) is 49.8 Å². The van der Waals surface area contributed by atoms with E-state index < -0.39 is 0 Å². The Morgan fingerprint density at radius 2 is 2.13 bits per heavy atom. The van der Waals surface area contributed by atoms with Crippen molar-refractivity contribution >= 4 is 22.5 Å². The summed E-state index contributed by atoms with van der Waals surface area (Å²) in [6.45, 7) is 0.459. The van der Waals surface area contributed by atoms with Crippen LogP contribution < -0.4 is 10.6 Å². The Kier molecular flexibility index (Phi) is 5.23. The van der Waals surface area contributed by atoms with Crippen molar-refractivity contribution in [2.45, 2.75) is 38.5 Å². The minimum atomic E-state index is -0.259. The third kappa shape index (κ3) is 4.51. The van der Waals surface area contributed by atoms with Gasteiger partial charge in [0.25, 0.3) is 0 Å². The molecule has 0 atom stereocenters. The number of benzene rings is 1. The first-order valence-electron chi connectivity index (χ1n) is 7.98. The van der Waals surface area contributed by atoms with E-state index in [2.05, 4.69) is 15.6 Å². The van der Waals surface area contributed by atoms with Gasteiger partial charge < -0.3 is 5.32 Å². The van der Waals surface area contributed by atoms with Crippen LogP contribution >= 0.6 is 11.3 Å². The summed E-state index contributed by atoms with van der Waals surface area (Å²) < 4.78 is 13.1. The molecule has 23 heavy (non-hydrogen) atoms. The molecule has 6 heteroatoms. The van der Waals surface area contributed by atoms with E-state index in [-0.39, 0.29) is 11.8 Å². The van der Waals surface area contributed by atoms with Crippen molar-refractivity contribution in [1.82, 2.24) is 10.3 Å². The van der Waals surface area contributed by atoms with Crippen LogP contribution in [-0.2, 0) is 19.3 Å². The van der Waals surface area contributed by atoms with Crippen LogP contribution in [0.4, 0.5) is 14.3 Å². The molecule has 0 fully saturated rings. The monoisotopic (exact) mass is 333 g/mol. The predicted octanol–water partition coefficient (Wildman–Crippen LogP) is 3.92. The highest BCUT2D eigenvalue weighted by Crippen LogP contribution is 2.28. The highest BCUT2D eigenvalue weighted by molar-refractivity contribution is 7.15. The number of thiazole rings is 1. The van der Waals surface area contributed by atoms with Gasteiger partial charge in [0.1, 0.15) is 5.82 Å². The lowest BCUT2D eigenvalue weighted by Gasteiger charge is -2.05. The van der Waals surface area contributed by atoms with E-state index >= 15 is 0 Å². The van der Waals surface area contributed by atoms with Crippen LogP contribution in [0.25, 0.3) is 0 Å². The summed E-state index contributed by atoms with van der Waals surface area (Å²) >= 11 is 1.58. The highest BCUT2D eigenvalue weighted by atomic mass is 32.1. The molecular formula is C17H20FN3OS. The number of aryl methyl sites for hydroxylation is 2. The smallest absolute Gasteiger partial charge is 0.321 e. The first-order valence-corrected chi connectivity index (χ1v) is 8.80. The zero-order valence-corrected chi connectivity index (χ0v) is 13.7. The van der Waals surface area contributed by atoms with Gasteiger partial charge in [0.2, 0.25) is 0 Å². The number of rotatable bonds is 4. The van der Waals surface area contributed by atoms with E-state index in [1.54, 1.807) is 17.4 Å². The standard InChI is InChI=1S/C17H20FN3OS/c18-13-6-4-5-12(11-13)9-10-19-16(22)21-17-20-14-7-2-1-3-8-15(14)23-17/h4-6,11H,1-3,7-10H2,(H2,19,20,21,22). The molecule has 0 spiro atoms. The molecule has 0 aliphatic heterocycles. The molecule has 1 aromatic heterocycles. The summed E-state index contributed by atoms with van der Waals surface area (Å²) in [5.41, 5.74) is 2.01. The normalized spacial score (nSPS) is 14.0. The molecule has 1 aliphatic rings. The summed E-state index contributed by atoms with van der Waals surface area (Å²) in [5, 5.41) is 6.25. The molecule has 1 heterocycles. The van der Waals surface area contributed by atoms with Gasteiger partial charge in [-0.2, -0.15) is 0 Å². The average Bonchev–Trinajstić information content (AvgIpc) is 2.76. The number of urea groups is 1. The number of nitrogens with one attached hydrogen (secondary N) is 2. The second-order valence-electron chi connectivity index (χ2n) is 5.71. The van der Waals surface area contributed by atoms with Gasteiger partial charge in [-0.1, -0.05) is 18.6 Å². The number of nitrogens with zero attached hydrogens (tertiary/aromatic N) is 1. The molecule has 2 N–H and O–H groups in total. The molecule has 0 bridgehead atoms. The zero-order chi connectivity index (χ0) is 16.1. The number of hydrogen-bond donors (Lipinski definition) is 2. The summed E-state index contributed by atoms with van der Waals surface area (Å²) in [7, 11) is 0. The Balaban J connectivity index is 1.48. The molecule has 0 radical (unpaired) electrons. The van der Waals surface area contributed by atoms with Crippen molar-refractivity contribution in [1.29, 1.82) is 0 Å². The third-order valence-corrected chi connectivity index (χ3v) is 4.98. The number of anilines is 1. The van der Waals surface area contributed by atoms with Crippen molar-refractivity contribution < 1.29 is 9.18 Å². The molecule has 0 saturated carbocycles. The van der Waals surface area contributed by atoms with Crippen LogP contribution in [0.5, 0.6) is 0 Å². The number of aromatic nitrogens is 1. The van der Waals surface area contributed by atoms with E-state index in [0.29, 0.717) is 18.1 Å². The van der Waals surface area contributed by atoms with Gasteiger partial charge in [0.15, 0.2) is 5.13 Å². The molecule has 1 aromatic carbocycles. The van der Waals surface area contributed by atoms with Gasteiger partial charge in [-0.25, -0.2) is 14.2 Å². The molecule has 0 saturated heterocycles. The largest absolute Gasteiger partial charge is 0.337 e. The Bertz CT molecular complexity index is 663. The number of carbonyl (C=O) groups excluding carboxylic acids is 1. The van der Waals surface area contributed by atoms with Gasteiger partial charge in [-0.3, -0.25) is 5.32 Å². The number of fused-ring (bicyclic) bond motifs is 1. The Morgan fingerprint density at radius 1 is 1.26 bits per heavy atom. The van der Waals surface area contributed by atoms with E-state index in [0.717, 1.165) is 24.1 Å². The average molecular weight is 333 g/mol. The van der Waals surface area contributed by atoms with Gasteiger partial charge in [0, 0.05) is 11.4 Å². The lowest BCUT2D eigenvalue weighted by Crippen LogP contribution is -2.30. The maximum absolute atomic E-state index is 13.1. The van der Waals surface area contributed by atoms with Gasteiger partial charge in [-0.15, -0.1) is 11.3 Å². The van der Waals surface area contributed by atoms with Crippen LogP contribution in [0.15, 0.2) is 24.3 Å². The fraction of sp³-hybridized carbons (Fsp3) is 0.412. The van der Waals surface area contributed by atoms with Crippen molar-refractivity contribution in [3.8, 4) is 0 Å². The molecule has 1 aliphatic carbocycles. The molecule has 0 unspecified atom stereocenters. The first kappa shape index (κ1) is 15.9.